The van der Waals surface area contributed by atoms with E-state index in [0.717, 1.165) is 5.56 Å². The first-order valence-electron chi connectivity index (χ1n) is 4.92. The van der Waals surface area contributed by atoms with Gasteiger partial charge in [0.2, 0.25) is 0 Å². The lowest BCUT2D eigenvalue weighted by molar-refractivity contribution is 0.562. The highest BCUT2D eigenvalue weighted by Crippen LogP contribution is 2.16. The van der Waals surface area contributed by atoms with Crippen molar-refractivity contribution >= 4 is 17.6 Å². The SMILES string of the molecule is Cc1cccc(/C=N/[S@+]([O-])C(C)(C)C)c1. The highest BCUT2D eigenvalue weighted by atomic mass is 32.2. The van der Waals surface area contributed by atoms with Crippen molar-refractivity contribution in [3.8, 4) is 0 Å². The van der Waals surface area contributed by atoms with Gasteiger partial charge in [0.15, 0.2) is 0 Å². The minimum atomic E-state index is -1.17. The van der Waals surface area contributed by atoms with E-state index in [1.165, 1.54) is 5.56 Å². The van der Waals surface area contributed by atoms with Crippen LogP contribution in [-0.4, -0.2) is 15.5 Å². The number of nitrogens with zero attached hydrogens (tertiary/aromatic N) is 1. The van der Waals surface area contributed by atoms with Gasteiger partial charge in [0.05, 0.1) is 6.21 Å². The average Bonchev–Trinajstić information content (AvgIpc) is 2.12. The summed E-state index contributed by atoms with van der Waals surface area (Å²) in [7, 11) is 0. The fourth-order valence-corrected chi connectivity index (χ4v) is 1.55. The Morgan fingerprint density at radius 3 is 2.53 bits per heavy atom. The van der Waals surface area contributed by atoms with Crippen molar-refractivity contribution in [2.24, 2.45) is 4.40 Å². The molecule has 3 heteroatoms. The van der Waals surface area contributed by atoms with Crippen LogP contribution in [0.25, 0.3) is 0 Å². The van der Waals surface area contributed by atoms with E-state index < -0.39 is 11.4 Å². The van der Waals surface area contributed by atoms with E-state index in [0.29, 0.717) is 0 Å². The molecule has 2 nitrogen and oxygen atoms in total. The Balaban J connectivity index is 2.74. The zero-order valence-corrected chi connectivity index (χ0v) is 10.5. The maximum absolute atomic E-state index is 11.6. The number of aryl methyl sites for hydroxylation is 1. The summed E-state index contributed by atoms with van der Waals surface area (Å²) in [5, 5.41) is 0. The van der Waals surface area contributed by atoms with E-state index in [1.54, 1.807) is 6.21 Å². The van der Waals surface area contributed by atoms with E-state index in [4.69, 9.17) is 0 Å². The summed E-state index contributed by atoms with van der Waals surface area (Å²) in [5.74, 6) is 0. The van der Waals surface area contributed by atoms with Gasteiger partial charge in [0.1, 0.15) is 16.1 Å². The molecule has 0 N–H and O–H groups in total. The van der Waals surface area contributed by atoms with Crippen molar-refractivity contribution < 1.29 is 4.55 Å². The maximum Gasteiger partial charge on any atom is 0.144 e. The van der Waals surface area contributed by atoms with E-state index in [9.17, 15) is 4.55 Å². The standard InChI is InChI=1S/C12H17NOS/c1-10-6-5-7-11(8-10)9-13-15(14)12(2,3)4/h5-9H,1-4H3/b13-9+/t15-/m1/s1. The summed E-state index contributed by atoms with van der Waals surface area (Å²) in [5.41, 5.74) is 2.17. The zero-order valence-electron chi connectivity index (χ0n) is 9.65. The molecule has 0 aliphatic rings. The molecule has 0 radical (unpaired) electrons. The quantitative estimate of drug-likeness (QED) is 0.561. The second-order valence-corrected chi connectivity index (χ2v) is 6.44. The van der Waals surface area contributed by atoms with E-state index in [2.05, 4.69) is 4.40 Å². The molecule has 1 aromatic carbocycles. The molecule has 0 aromatic heterocycles. The molecule has 1 aromatic rings. The van der Waals surface area contributed by atoms with Crippen molar-refractivity contribution in [3.63, 3.8) is 0 Å². The second kappa shape index (κ2) is 4.81. The average molecular weight is 223 g/mol. The third-order valence-corrected chi connectivity index (χ3v) is 3.21. The lowest BCUT2D eigenvalue weighted by Crippen LogP contribution is -2.25. The van der Waals surface area contributed by atoms with Gasteiger partial charge in [-0.3, -0.25) is 0 Å². The summed E-state index contributed by atoms with van der Waals surface area (Å²) >= 11 is -1.17. The highest BCUT2D eigenvalue weighted by Gasteiger charge is 2.25. The smallest absolute Gasteiger partial charge is 0.144 e. The Kier molecular flexibility index (Phi) is 3.94. The minimum Gasteiger partial charge on any atom is -0.591 e. The fourth-order valence-electron chi connectivity index (χ4n) is 1.02. The summed E-state index contributed by atoms with van der Waals surface area (Å²) in [6.07, 6.45) is 1.67. The van der Waals surface area contributed by atoms with Crippen molar-refractivity contribution in [1.29, 1.82) is 0 Å². The lowest BCUT2D eigenvalue weighted by Gasteiger charge is -2.17. The summed E-state index contributed by atoms with van der Waals surface area (Å²) in [6, 6.07) is 7.97. The van der Waals surface area contributed by atoms with Gasteiger partial charge >= 0.3 is 0 Å². The number of hydrogen-bond acceptors (Lipinski definition) is 2. The largest absolute Gasteiger partial charge is 0.591 e. The molecule has 0 saturated heterocycles. The predicted molar refractivity (Wildman–Crippen MR) is 66.7 cm³/mol. The number of hydrogen-bond donors (Lipinski definition) is 0. The Hall–Kier alpha value is -0.800. The molecule has 0 heterocycles. The van der Waals surface area contributed by atoms with Crippen LogP contribution in [0.3, 0.4) is 0 Å². The van der Waals surface area contributed by atoms with Crippen LogP contribution >= 0.6 is 0 Å². The first-order chi connectivity index (χ1) is 6.89. The molecule has 82 valence electrons. The molecule has 0 aliphatic heterocycles. The Labute approximate surface area is 94.7 Å². The van der Waals surface area contributed by atoms with Crippen molar-refractivity contribution in [3.05, 3.63) is 35.4 Å². The first kappa shape index (κ1) is 12.3. The summed E-state index contributed by atoms with van der Waals surface area (Å²) in [6.45, 7) is 7.77. The van der Waals surface area contributed by atoms with Gasteiger partial charge in [-0.25, -0.2) is 0 Å². The molecular weight excluding hydrogens is 206 g/mol. The first-order valence-corrected chi connectivity index (χ1v) is 6.03. The lowest BCUT2D eigenvalue weighted by atomic mass is 10.2. The number of rotatable bonds is 2. The van der Waals surface area contributed by atoms with Gasteiger partial charge in [-0.1, -0.05) is 34.2 Å². The van der Waals surface area contributed by atoms with Gasteiger partial charge in [-0.05, 0) is 33.3 Å². The van der Waals surface area contributed by atoms with E-state index >= 15 is 0 Å². The third-order valence-electron chi connectivity index (χ3n) is 1.86. The maximum atomic E-state index is 11.6. The van der Waals surface area contributed by atoms with Crippen molar-refractivity contribution in [2.75, 3.05) is 0 Å². The molecule has 0 aliphatic carbocycles. The summed E-state index contributed by atoms with van der Waals surface area (Å²) < 4.78 is 15.4. The van der Waals surface area contributed by atoms with Crippen LogP contribution in [0.1, 0.15) is 31.9 Å². The van der Waals surface area contributed by atoms with Crippen LogP contribution in [0.15, 0.2) is 28.7 Å². The molecule has 15 heavy (non-hydrogen) atoms. The summed E-state index contributed by atoms with van der Waals surface area (Å²) in [4.78, 5) is 0. The van der Waals surface area contributed by atoms with Gasteiger partial charge in [-0.2, -0.15) is 0 Å². The Bertz CT molecular complexity index is 355. The van der Waals surface area contributed by atoms with Gasteiger partial charge in [-0.15, -0.1) is 0 Å². The second-order valence-electron chi connectivity index (χ2n) is 4.51. The molecular formula is C12H17NOS. The van der Waals surface area contributed by atoms with E-state index in [1.807, 2.05) is 52.0 Å². The van der Waals surface area contributed by atoms with Crippen LogP contribution in [0, 0.1) is 6.92 Å². The van der Waals surface area contributed by atoms with Crippen LogP contribution in [-0.2, 0) is 11.4 Å². The van der Waals surface area contributed by atoms with Crippen LogP contribution in [0.2, 0.25) is 0 Å². The predicted octanol–water partition coefficient (Wildman–Crippen LogP) is 2.88. The van der Waals surface area contributed by atoms with Crippen LogP contribution in [0.5, 0.6) is 0 Å². The van der Waals surface area contributed by atoms with Crippen LogP contribution in [0.4, 0.5) is 0 Å². The molecule has 0 saturated carbocycles. The van der Waals surface area contributed by atoms with Crippen molar-refractivity contribution in [2.45, 2.75) is 32.4 Å². The van der Waals surface area contributed by atoms with Crippen molar-refractivity contribution in [1.82, 2.24) is 0 Å². The fraction of sp³-hybridized carbons (Fsp3) is 0.417. The third kappa shape index (κ3) is 4.06. The molecule has 0 amide bonds. The molecule has 0 fully saturated rings. The molecule has 0 bridgehead atoms. The highest BCUT2D eigenvalue weighted by molar-refractivity contribution is 7.91. The Morgan fingerprint density at radius 1 is 1.33 bits per heavy atom. The normalized spacial score (nSPS) is 14.5. The van der Waals surface area contributed by atoms with Crippen LogP contribution < -0.4 is 0 Å². The molecule has 0 spiro atoms. The Morgan fingerprint density at radius 2 is 2.00 bits per heavy atom. The van der Waals surface area contributed by atoms with E-state index in [-0.39, 0.29) is 4.75 Å². The van der Waals surface area contributed by atoms with Gasteiger partial charge in [0, 0.05) is 0 Å². The molecule has 1 rings (SSSR count). The topological polar surface area (TPSA) is 35.4 Å². The molecule has 1 atom stereocenters. The minimum absolute atomic E-state index is 0.291. The van der Waals surface area contributed by atoms with Gasteiger partial charge < -0.3 is 4.55 Å². The molecule has 0 unspecified atom stereocenters. The van der Waals surface area contributed by atoms with Gasteiger partial charge in [0.25, 0.3) is 0 Å². The monoisotopic (exact) mass is 223 g/mol. The number of benzene rings is 1. The zero-order chi connectivity index (χ0) is 11.5.